The Bertz CT molecular complexity index is 453. The van der Waals surface area contributed by atoms with Crippen molar-refractivity contribution in [2.24, 2.45) is 10.9 Å². The fourth-order valence-electron chi connectivity index (χ4n) is 1.02. The number of nitrogens with one attached hydrogen (secondary N) is 1. The van der Waals surface area contributed by atoms with Gasteiger partial charge in [0.25, 0.3) is 0 Å². The second-order valence-electron chi connectivity index (χ2n) is 4.14. The molecule has 16 heavy (non-hydrogen) atoms. The predicted molar refractivity (Wildman–Crippen MR) is 62.4 cm³/mol. The molecule has 0 aliphatic carbocycles. The molecule has 0 atom stereocenters. The third kappa shape index (κ3) is 3.44. The number of sulfonamides is 1. The van der Waals surface area contributed by atoms with Crippen molar-refractivity contribution in [2.75, 3.05) is 11.9 Å². The Balaban J connectivity index is 2.89. The largest absolute Gasteiger partial charge is 0.364 e. The van der Waals surface area contributed by atoms with E-state index in [-0.39, 0.29) is 10.4 Å². The first-order valence-corrected chi connectivity index (χ1v) is 6.26. The van der Waals surface area contributed by atoms with E-state index in [4.69, 9.17) is 10.9 Å². The molecule has 5 N–H and O–H groups in total. The molecule has 0 spiro atoms. The molecule has 0 unspecified atom stereocenters. The standard InChI is InChI=1S/C9H16N4O2S/c1-9(2,6-10)13-8-4-3-7(5-12-8)16(11,14)15/h3-5H,6,10H2,1-2H3,(H,12,13)(H2,11,14,15). The minimum absolute atomic E-state index is 0.0106. The van der Waals surface area contributed by atoms with Crippen molar-refractivity contribution < 1.29 is 8.42 Å². The van der Waals surface area contributed by atoms with Gasteiger partial charge in [-0.05, 0) is 26.0 Å². The number of nitrogens with zero attached hydrogens (tertiary/aromatic N) is 1. The molecular weight excluding hydrogens is 228 g/mol. The summed E-state index contributed by atoms with van der Waals surface area (Å²) >= 11 is 0. The molecule has 0 fully saturated rings. The highest BCUT2D eigenvalue weighted by Gasteiger charge is 2.15. The van der Waals surface area contributed by atoms with Gasteiger partial charge in [-0.15, -0.1) is 0 Å². The van der Waals surface area contributed by atoms with E-state index in [1.807, 2.05) is 13.8 Å². The Hall–Kier alpha value is -1.18. The van der Waals surface area contributed by atoms with Gasteiger partial charge in [0.1, 0.15) is 10.7 Å². The van der Waals surface area contributed by atoms with Gasteiger partial charge in [0.05, 0.1) is 0 Å². The predicted octanol–water partition coefficient (Wildman–Crippen LogP) is -0.122. The number of pyridine rings is 1. The van der Waals surface area contributed by atoms with Crippen LogP contribution in [0.2, 0.25) is 0 Å². The second-order valence-corrected chi connectivity index (χ2v) is 5.70. The van der Waals surface area contributed by atoms with Gasteiger partial charge < -0.3 is 11.1 Å². The Labute approximate surface area is 95.1 Å². The number of nitrogens with two attached hydrogens (primary N) is 2. The molecule has 0 saturated heterocycles. The SMILES string of the molecule is CC(C)(CN)Nc1ccc(S(N)(=O)=O)cn1. The number of hydrogen-bond acceptors (Lipinski definition) is 5. The average molecular weight is 244 g/mol. The van der Waals surface area contributed by atoms with Crippen LogP contribution in [-0.2, 0) is 10.0 Å². The summed E-state index contributed by atoms with van der Waals surface area (Å²) in [5.74, 6) is 0.558. The van der Waals surface area contributed by atoms with E-state index in [9.17, 15) is 8.42 Å². The van der Waals surface area contributed by atoms with Crippen molar-refractivity contribution >= 4 is 15.8 Å². The van der Waals surface area contributed by atoms with Crippen LogP contribution in [0, 0.1) is 0 Å². The van der Waals surface area contributed by atoms with Gasteiger partial charge >= 0.3 is 0 Å². The summed E-state index contributed by atoms with van der Waals surface area (Å²) < 4.78 is 22.0. The minimum Gasteiger partial charge on any atom is -0.364 e. The number of rotatable bonds is 4. The van der Waals surface area contributed by atoms with Gasteiger partial charge in [-0.25, -0.2) is 18.5 Å². The van der Waals surface area contributed by atoms with Gasteiger partial charge in [-0.2, -0.15) is 0 Å². The quantitative estimate of drug-likeness (QED) is 0.683. The summed E-state index contributed by atoms with van der Waals surface area (Å²) in [6, 6.07) is 2.95. The van der Waals surface area contributed by atoms with Crippen molar-refractivity contribution in [3.63, 3.8) is 0 Å². The van der Waals surface area contributed by atoms with Crippen molar-refractivity contribution in [1.29, 1.82) is 0 Å². The van der Waals surface area contributed by atoms with Crippen LogP contribution in [0.5, 0.6) is 0 Å². The first-order chi connectivity index (χ1) is 7.24. The number of aromatic nitrogens is 1. The Morgan fingerprint density at radius 3 is 2.44 bits per heavy atom. The van der Waals surface area contributed by atoms with Gasteiger partial charge in [0.2, 0.25) is 10.0 Å². The van der Waals surface area contributed by atoms with E-state index in [0.29, 0.717) is 12.4 Å². The summed E-state index contributed by atoms with van der Waals surface area (Å²) in [4.78, 5) is 3.94. The van der Waals surface area contributed by atoms with Crippen LogP contribution in [0.4, 0.5) is 5.82 Å². The van der Waals surface area contributed by atoms with E-state index >= 15 is 0 Å². The molecule has 7 heteroatoms. The summed E-state index contributed by atoms with van der Waals surface area (Å²) in [5.41, 5.74) is 5.25. The van der Waals surface area contributed by atoms with E-state index in [1.54, 1.807) is 6.07 Å². The van der Waals surface area contributed by atoms with E-state index in [1.165, 1.54) is 12.3 Å². The molecule has 1 heterocycles. The summed E-state index contributed by atoms with van der Waals surface area (Å²) in [6.07, 6.45) is 1.21. The molecule has 0 amide bonds. The fraction of sp³-hybridized carbons (Fsp3) is 0.444. The molecule has 6 nitrogen and oxygen atoms in total. The molecule has 0 bridgehead atoms. The Morgan fingerprint density at radius 1 is 1.44 bits per heavy atom. The molecule has 0 saturated carbocycles. The number of primary sulfonamides is 1. The lowest BCUT2D eigenvalue weighted by Crippen LogP contribution is -2.39. The van der Waals surface area contributed by atoms with Crippen LogP contribution in [0.3, 0.4) is 0 Å². The summed E-state index contributed by atoms with van der Waals surface area (Å²) in [5, 5.41) is 8.03. The second kappa shape index (κ2) is 4.36. The Morgan fingerprint density at radius 2 is 2.06 bits per heavy atom. The maximum Gasteiger partial charge on any atom is 0.239 e. The van der Waals surface area contributed by atoms with Gasteiger partial charge in [0, 0.05) is 18.3 Å². The molecule has 1 aromatic rings. The van der Waals surface area contributed by atoms with E-state index in [2.05, 4.69) is 10.3 Å². The van der Waals surface area contributed by atoms with Crippen LogP contribution in [0.25, 0.3) is 0 Å². The van der Waals surface area contributed by atoms with Crippen LogP contribution in [0.15, 0.2) is 23.2 Å². The summed E-state index contributed by atoms with van der Waals surface area (Å²) in [6.45, 7) is 4.27. The van der Waals surface area contributed by atoms with Crippen molar-refractivity contribution in [1.82, 2.24) is 4.98 Å². The van der Waals surface area contributed by atoms with Crippen LogP contribution < -0.4 is 16.2 Å². The molecule has 0 radical (unpaired) electrons. The summed E-state index contributed by atoms with van der Waals surface area (Å²) in [7, 11) is -3.68. The van der Waals surface area contributed by atoms with Crippen molar-refractivity contribution in [3.8, 4) is 0 Å². The first-order valence-electron chi connectivity index (χ1n) is 4.72. The van der Waals surface area contributed by atoms with Gasteiger partial charge in [0.15, 0.2) is 0 Å². The lowest BCUT2D eigenvalue weighted by Gasteiger charge is -2.24. The van der Waals surface area contributed by atoms with E-state index in [0.717, 1.165) is 0 Å². The zero-order valence-corrected chi connectivity index (χ0v) is 10.1. The molecule has 1 aromatic heterocycles. The molecule has 90 valence electrons. The monoisotopic (exact) mass is 244 g/mol. The van der Waals surface area contributed by atoms with Gasteiger partial charge in [-0.1, -0.05) is 0 Å². The maximum absolute atomic E-state index is 11.0. The smallest absolute Gasteiger partial charge is 0.239 e. The minimum atomic E-state index is -3.68. The van der Waals surface area contributed by atoms with Gasteiger partial charge in [-0.3, -0.25) is 0 Å². The van der Waals surface area contributed by atoms with Crippen LogP contribution in [-0.4, -0.2) is 25.5 Å². The highest BCUT2D eigenvalue weighted by atomic mass is 32.2. The fourth-order valence-corrected chi connectivity index (χ4v) is 1.48. The van der Waals surface area contributed by atoms with Crippen molar-refractivity contribution in [3.05, 3.63) is 18.3 Å². The van der Waals surface area contributed by atoms with Crippen LogP contribution in [0.1, 0.15) is 13.8 Å². The zero-order valence-electron chi connectivity index (χ0n) is 9.27. The number of hydrogen-bond donors (Lipinski definition) is 3. The number of anilines is 1. The Kier molecular flexibility index (Phi) is 3.51. The average Bonchev–Trinajstić information content (AvgIpc) is 2.16. The molecule has 1 rings (SSSR count). The molecule has 0 aliphatic rings. The molecule has 0 aliphatic heterocycles. The van der Waals surface area contributed by atoms with E-state index < -0.39 is 10.0 Å². The topological polar surface area (TPSA) is 111 Å². The highest BCUT2D eigenvalue weighted by Crippen LogP contribution is 2.13. The maximum atomic E-state index is 11.0. The lowest BCUT2D eigenvalue weighted by molar-refractivity contribution is 0.577. The van der Waals surface area contributed by atoms with Crippen molar-refractivity contribution in [2.45, 2.75) is 24.3 Å². The first kappa shape index (κ1) is 12.9. The third-order valence-corrected chi connectivity index (χ3v) is 2.94. The normalized spacial score (nSPS) is 12.5. The molecular formula is C9H16N4O2S. The van der Waals surface area contributed by atoms with Crippen LogP contribution >= 0.6 is 0 Å². The molecule has 0 aromatic carbocycles. The lowest BCUT2D eigenvalue weighted by atomic mass is 10.1. The highest BCUT2D eigenvalue weighted by molar-refractivity contribution is 7.89. The zero-order chi connectivity index (χ0) is 12.4. The third-order valence-electron chi connectivity index (χ3n) is 2.04.